The lowest BCUT2D eigenvalue weighted by atomic mass is 10.0. The molecule has 1 atom stereocenters. The molecule has 1 fully saturated rings. The van der Waals surface area contributed by atoms with Crippen molar-refractivity contribution in [1.82, 2.24) is 19.9 Å². The van der Waals surface area contributed by atoms with E-state index < -0.39 is 30.1 Å². The van der Waals surface area contributed by atoms with Crippen LogP contribution in [0.25, 0.3) is 22.5 Å². The van der Waals surface area contributed by atoms with E-state index >= 15 is 0 Å². The Morgan fingerprint density at radius 2 is 1.97 bits per heavy atom. The Morgan fingerprint density at radius 1 is 1.18 bits per heavy atom. The fourth-order valence-corrected chi connectivity index (χ4v) is 4.42. The smallest absolute Gasteiger partial charge is 0.269 e. The van der Waals surface area contributed by atoms with Crippen molar-refractivity contribution in [3.63, 3.8) is 0 Å². The molecular formula is C24H18ClF3N4O2. The minimum absolute atomic E-state index is 0.0717. The number of halogens is 4. The quantitative estimate of drug-likeness (QED) is 0.369. The average molecular weight is 487 g/mol. The van der Waals surface area contributed by atoms with Crippen molar-refractivity contribution in [3.05, 3.63) is 77.2 Å². The molecule has 0 radical (unpaired) electrons. The zero-order chi connectivity index (χ0) is 23.9. The van der Waals surface area contributed by atoms with Crippen LogP contribution in [0, 0.1) is 5.82 Å². The largest absolute Gasteiger partial charge is 0.441 e. The predicted octanol–water partition coefficient (Wildman–Crippen LogP) is 5.56. The van der Waals surface area contributed by atoms with Gasteiger partial charge in [0.15, 0.2) is 17.3 Å². The number of fused-ring (bicyclic) bond motifs is 1. The maximum absolute atomic E-state index is 14.8. The summed E-state index contributed by atoms with van der Waals surface area (Å²) >= 11 is 5.96. The predicted molar refractivity (Wildman–Crippen MR) is 119 cm³/mol. The second-order valence-electron chi connectivity index (χ2n) is 8.02. The van der Waals surface area contributed by atoms with Crippen LogP contribution in [-0.2, 0) is 6.42 Å². The van der Waals surface area contributed by atoms with E-state index in [0.717, 1.165) is 11.0 Å². The van der Waals surface area contributed by atoms with Gasteiger partial charge in [0, 0.05) is 42.4 Å². The summed E-state index contributed by atoms with van der Waals surface area (Å²) < 4.78 is 50.1. The number of alkyl halides is 2. The molecule has 34 heavy (non-hydrogen) atoms. The Kier molecular flexibility index (Phi) is 5.73. The summed E-state index contributed by atoms with van der Waals surface area (Å²) in [6, 6.07) is 9.10. The van der Waals surface area contributed by atoms with Crippen LogP contribution in [-0.4, -0.2) is 44.3 Å². The fraction of sp³-hybridized carbons (Fsp3) is 0.250. The number of amides is 1. The molecule has 1 aliphatic heterocycles. The fourth-order valence-electron chi connectivity index (χ4n) is 4.26. The number of aryl methyl sites for hydroxylation is 1. The maximum atomic E-state index is 14.8. The van der Waals surface area contributed by atoms with Crippen molar-refractivity contribution in [2.45, 2.75) is 31.2 Å². The minimum Gasteiger partial charge on any atom is -0.441 e. The van der Waals surface area contributed by atoms with Crippen molar-refractivity contribution in [1.29, 1.82) is 0 Å². The number of likely N-dealkylation sites (tertiary alicyclic amines) is 1. The van der Waals surface area contributed by atoms with Gasteiger partial charge in [0.05, 0.1) is 11.6 Å². The van der Waals surface area contributed by atoms with Crippen LogP contribution < -0.4 is 0 Å². The van der Waals surface area contributed by atoms with E-state index in [2.05, 4.69) is 15.0 Å². The highest BCUT2D eigenvalue weighted by molar-refractivity contribution is 6.31. The van der Waals surface area contributed by atoms with Gasteiger partial charge in [-0.05, 0) is 36.8 Å². The van der Waals surface area contributed by atoms with E-state index in [9.17, 15) is 18.0 Å². The second-order valence-corrected chi connectivity index (χ2v) is 8.45. The number of carbonyl (C=O) groups is 1. The number of rotatable bonds is 5. The second kappa shape index (κ2) is 8.72. The number of benzene rings is 2. The lowest BCUT2D eigenvalue weighted by Gasteiger charge is -2.28. The molecule has 3 heterocycles. The topological polar surface area (TPSA) is 72.1 Å². The van der Waals surface area contributed by atoms with Crippen molar-refractivity contribution in [2.75, 3.05) is 6.54 Å². The Hall–Kier alpha value is -3.46. The van der Waals surface area contributed by atoms with Crippen LogP contribution in [0.3, 0.4) is 0 Å². The Morgan fingerprint density at radius 3 is 2.76 bits per heavy atom. The molecule has 4 aromatic rings. The Bertz CT molecular complexity index is 1360. The molecule has 1 saturated heterocycles. The van der Waals surface area contributed by atoms with E-state index in [-0.39, 0.29) is 42.2 Å². The summed E-state index contributed by atoms with van der Waals surface area (Å²) in [5.41, 5.74) is 0.833. The van der Waals surface area contributed by atoms with E-state index in [0.29, 0.717) is 16.1 Å². The van der Waals surface area contributed by atoms with Gasteiger partial charge in [0.2, 0.25) is 0 Å². The molecule has 0 bridgehead atoms. The van der Waals surface area contributed by atoms with Crippen LogP contribution in [0.5, 0.6) is 0 Å². The summed E-state index contributed by atoms with van der Waals surface area (Å²) in [7, 11) is 0. The lowest BCUT2D eigenvalue weighted by Crippen LogP contribution is -2.43. The number of carbonyl (C=O) groups excluding carboxylic acids is 1. The van der Waals surface area contributed by atoms with Crippen molar-refractivity contribution in [3.8, 4) is 11.4 Å². The molecule has 10 heteroatoms. The van der Waals surface area contributed by atoms with Gasteiger partial charge in [-0.3, -0.25) is 4.79 Å². The maximum Gasteiger partial charge on any atom is 0.269 e. The van der Waals surface area contributed by atoms with Crippen LogP contribution in [0.2, 0.25) is 5.02 Å². The first-order valence-electron chi connectivity index (χ1n) is 10.6. The zero-order valence-electron chi connectivity index (χ0n) is 17.7. The summed E-state index contributed by atoms with van der Waals surface area (Å²) in [5, 5.41) is 0.481. The Labute approximate surface area is 197 Å². The SMILES string of the molecule is O=C(c1c(F)cccc1-c1ncccn1)N1CCC(F)(F)[C@H]1CCc1nc2cc(Cl)ccc2o1. The third-order valence-electron chi connectivity index (χ3n) is 5.87. The molecule has 0 spiro atoms. The molecule has 0 N–H and O–H groups in total. The van der Waals surface area contributed by atoms with E-state index in [1.165, 1.54) is 24.5 Å². The molecule has 2 aromatic carbocycles. The number of nitrogens with zero attached hydrogens (tertiary/aromatic N) is 4. The first-order chi connectivity index (χ1) is 16.3. The van der Waals surface area contributed by atoms with E-state index in [4.69, 9.17) is 16.0 Å². The van der Waals surface area contributed by atoms with E-state index in [1.807, 2.05) is 0 Å². The van der Waals surface area contributed by atoms with Gasteiger partial charge in [-0.25, -0.2) is 28.1 Å². The molecule has 1 aliphatic rings. The van der Waals surface area contributed by atoms with Gasteiger partial charge in [0.1, 0.15) is 11.3 Å². The normalized spacial score (nSPS) is 17.4. The third-order valence-corrected chi connectivity index (χ3v) is 6.11. The van der Waals surface area contributed by atoms with Gasteiger partial charge in [-0.2, -0.15) is 0 Å². The highest BCUT2D eigenvalue weighted by Gasteiger charge is 2.51. The van der Waals surface area contributed by atoms with Gasteiger partial charge < -0.3 is 9.32 Å². The number of oxazole rings is 1. The highest BCUT2D eigenvalue weighted by atomic mass is 35.5. The van der Waals surface area contributed by atoms with Gasteiger partial charge in [-0.15, -0.1) is 0 Å². The monoisotopic (exact) mass is 486 g/mol. The lowest BCUT2D eigenvalue weighted by molar-refractivity contribution is -0.0324. The van der Waals surface area contributed by atoms with Gasteiger partial charge >= 0.3 is 0 Å². The Balaban J connectivity index is 1.43. The van der Waals surface area contributed by atoms with Crippen molar-refractivity contribution < 1.29 is 22.4 Å². The van der Waals surface area contributed by atoms with E-state index in [1.54, 1.807) is 24.3 Å². The van der Waals surface area contributed by atoms with Gasteiger partial charge in [-0.1, -0.05) is 23.7 Å². The van der Waals surface area contributed by atoms with Gasteiger partial charge in [0.25, 0.3) is 11.8 Å². The molecule has 0 saturated carbocycles. The van der Waals surface area contributed by atoms with Crippen LogP contribution >= 0.6 is 11.6 Å². The van der Waals surface area contributed by atoms with Crippen LogP contribution in [0.1, 0.15) is 29.1 Å². The third kappa shape index (κ3) is 4.11. The summed E-state index contributed by atoms with van der Waals surface area (Å²) in [5.74, 6) is -4.39. The van der Waals surface area contributed by atoms with Crippen molar-refractivity contribution in [2.24, 2.45) is 0 Å². The highest BCUT2D eigenvalue weighted by Crippen LogP contribution is 2.38. The standard InChI is InChI=1S/C24H18ClF3N4O2/c25-14-5-6-18-17(13-14)31-20(34-18)8-7-19-24(27,28)9-12-32(19)23(33)21-15(3-1-4-16(21)26)22-29-10-2-11-30-22/h1-6,10-11,13,19H,7-9,12H2/t19-/m1/s1. The zero-order valence-corrected chi connectivity index (χ0v) is 18.5. The molecule has 0 unspecified atom stereocenters. The average Bonchev–Trinajstić information content (AvgIpc) is 3.36. The first-order valence-corrected chi connectivity index (χ1v) is 11.0. The summed E-state index contributed by atoms with van der Waals surface area (Å²) in [6.45, 7) is -0.205. The van der Waals surface area contributed by atoms with Crippen molar-refractivity contribution >= 4 is 28.6 Å². The molecule has 6 nitrogen and oxygen atoms in total. The number of hydrogen-bond donors (Lipinski definition) is 0. The molecule has 1 amide bonds. The molecule has 174 valence electrons. The minimum atomic E-state index is -3.14. The summed E-state index contributed by atoms with van der Waals surface area (Å²) in [6.07, 6.45) is 2.37. The molecule has 2 aromatic heterocycles. The number of hydrogen-bond acceptors (Lipinski definition) is 5. The van der Waals surface area contributed by atoms with Crippen LogP contribution in [0.4, 0.5) is 13.2 Å². The number of aromatic nitrogens is 3. The first kappa shape index (κ1) is 22.3. The molecular weight excluding hydrogens is 469 g/mol. The summed E-state index contributed by atoms with van der Waals surface area (Å²) in [4.78, 5) is 26.9. The molecule has 5 rings (SSSR count). The van der Waals surface area contributed by atoms with Crippen LogP contribution in [0.15, 0.2) is 59.3 Å². The molecule has 0 aliphatic carbocycles.